The summed E-state index contributed by atoms with van der Waals surface area (Å²) in [7, 11) is 0. The van der Waals surface area contributed by atoms with E-state index in [2.05, 4.69) is 45.0 Å². The van der Waals surface area contributed by atoms with E-state index in [4.69, 9.17) is 4.84 Å². The Kier molecular flexibility index (Phi) is 6.83. The molecular weight excluding hydrogens is 352 g/mol. The SMILES string of the molecule is O=C(CCN1CCCCO1)N1CCC[C@H](N2CCN(c3ccccc3)CC2)C1. The van der Waals surface area contributed by atoms with Gasteiger partial charge >= 0.3 is 0 Å². The lowest BCUT2D eigenvalue weighted by molar-refractivity contribution is -0.182. The summed E-state index contributed by atoms with van der Waals surface area (Å²) in [4.78, 5) is 25.5. The Morgan fingerprint density at radius 3 is 2.54 bits per heavy atom. The Morgan fingerprint density at radius 2 is 1.79 bits per heavy atom. The Bertz CT molecular complexity index is 612. The smallest absolute Gasteiger partial charge is 0.224 e. The number of piperazine rings is 1. The van der Waals surface area contributed by atoms with Crippen molar-refractivity contribution in [1.82, 2.24) is 14.9 Å². The van der Waals surface area contributed by atoms with Crippen LogP contribution in [0.4, 0.5) is 5.69 Å². The molecule has 6 heteroatoms. The highest BCUT2D eigenvalue weighted by molar-refractivity contribution is 5.76. The van der Waals surface area contributed by atoms with Gasteiger partial charge in [0.05, 0.1) is 6.61 Å². The molecule has 1 amide bonds. The van der Waals surface area contributed by atoms with E-state index < -0.39 is 0 Å². The highest BCUT2D eigenvalue weighted by atomic mass is 16.7. The Balaban J connectivity index is 1.23. The molecule has 0 bridgehead atoms. The van der Waals surface area contributed by atoms with Crippen LogP contribution in [-0.4, -0.2) is 85.8 Å². The molecule has 0 aliphatic carbocycles. The first-order chi connectivity index (χ1) is 13.8. The van der Waals surface area contributed by atoms with Gasteiger partial charge in [-0.05, 0) is 37.8 Å². The van der Waals surface area contributed by atoms with Crippen LogP contribution in [0.2, 0.25) is 0 Å². The number of hydrogen-bond donors (Lipinski definition) is 0. The van der Waals surface area contributed by atoms with Crippen LogP contribution in [0.3, 0.4) is 0 Å². The van der Waals surface area contributed by atoms with Crippen molar-refractivity contribution in [3.8, 4) is 0 Å². The van der Waals surface area contributed by atoms with E-state index >= 15 is 0 Å². The van der Waals surface area contributed by atoms with Crippen LogP contribution in [0.15, 0.2) is 30.3 Å². The molecule has 4 rings (SSSR count). The van der Waals surface area contributed by atoms with Crippen LogP contribution >= 0.6 is 0 Å². The number of hydroxylamine groups is 2. The number of likely N-dealkylation sites (tertiary alicyclic amines) is 1. The number of carbonyl (C=O) groups excluding carboxylic acids is 1. The molecular formula is C22H34N4O2. The minimum absolute atomic E-state index is 0.293. The van der Waals surface area contributed by atoms with Crippen molar-refractivity contribution in [3.05, 3.63) is 30.3 Å². The first-order valence-corrected chi connectivity index (χ1v) is 11.0. The molecule has 3 fully saturated rings. The predicted molar refractivity (Wildman–Crippen MR) is 111 cm³/mol. The lowest BCUT2D eigenvalue weighted by Crippen LogP contribution is -2.56. The summed E-state index contributed by atoms with van der Waals surface area (Å²) in [5.74, 6) is 0.293. The van der Waals surface area contributed by atoms with Gasteiger partial charge in [0.2, 0.25) is 5.91 Å². The molecule has 0 spiro atoms. The number of hydrogen-bond acceptors (Lipinski definition) is 5. The number of anilines is 1. The van der Waals surface area contributed by atoms with Gasteiger partial charge in [0, 0.05) is 70.5 Å². The van der Waals surface area contributed by atoms with Gasteiger partial charge in [-0.2, -0.15) is 5.06 Å². The Labute approximate surface area is 169 Å². The van der Waals surface area contributed by atoms with Crippen molar-refractivity contribution >= 4 is 11.6 Å². The quantitative estimate of drug-likeness (QED) is 0.776. The van der Waals surface area contributed by atoms with Gasteiger partial charge < -0.3 is 9.80 Å². The number of amides is 1. The van der Waals surface area contributed by atoms with Crippen molar-refractivity contribution in [2.24, 2.45) is 0 Å². The molecule has 154 valence electrons. The number of rotatable bonds is 5. The van der Waals surface area contributed by atoms with E-state index in [1.165, 1.54) is 18.5 Å². The fourth-order valence-electron chi connectivity index (χ4n) is 4.67. The van der Waals surface area contributed by atoms with Crippen molar-refractivity contribution in [1.29, 1.82) is 0 Å². The van der Waals surface area contributed by atoms with Gasteiger partial charge in [-0.1, -0.05) is 18.2 Å². The molecule has 0 N–H and O–H groups in total. The van der Waals surface area contributed by atoms with Crippen molar-refractivity contribution in [2.45, 2.75) is 38.1 Å². The summed E-state index contributed by atoms with van der Waals surface area (Å²) < 4.78 is 0. The lowest BCUT2D eigenvalue weighted by atomic mass is 10.0. The van der Waals surface area contributed by atoms with E-state index in [9.17, 15) is 4.79 Å². The van der Waals surface area contributed by atoms with Crippen LogP contribution in [0.25, 0.3) is 0 Å². The summed E-state index contributed by atoms with van der Waals surface area (Å²) in [5, 5.41) is 1.98. The number of nitrogens with zero attached hydrogens (tertiary/aromatic N) is 4. The molecule has 28 heavy (non-hydrogen) atoms. The number of piperidine rings is 1. The lowest BCUT2D eigenvalue weighted by Gasteiger charge is -2.44. The standard InChI is InChI=1S/C22H34N4O2/c27-22(10-13-26-12-4-5-18-28-26)25-11-6-9-21(19-25)24-16-14-23(15-17-24)20-7-2-1-3-8-20/h1-3,7-8,21H,4-6,9-19H2/t21-/m0/s1. The zero-order valence-electron chi connectivity index (χ0n) is 17.0. The third-order valence-electron chi connectivity index (χ3n) is 6.35. The van der Waals surface area contributed by atoms with Crippen LogP contribution in [0.5, 0.6) is 0 Å². The molecule has 1 atom stereocenters. The Hall–Kier alpha value is -1.63. The highest BCUT2D eigenvalue weighted by Gasteiger charge is 2.30. The van der Waals surface area contributed by atoms with E-state index in [1.54, 1.807) is 0 Å². The molecule has 1 aromatic carbocycles. The van der Waals surface area contributed by atoms with Crippen molar-refractivity contribution in [3.63, 3.8) is 0 Å². The average molecular weight is 387 g/mol. The maximum Gasteiger partial charge on any atom is 0.224 e. The van der Waals surface area contributed by atoms with Gasteiger partial charge in [0.15, 0.2) is 0 Å². The first kappa shape index (κ1) is 19.7. The first-order valence-electron chi connectivity index (χ1n) is 11.0. The number of carbonyl (C=O) groups is 1. The average Bonchev–Trinajstić information content (AvgIpc) is 2.79. The number of benzene rings is 1. The van der Waals surface area contributed by atoms with Gasteiger partial charge in [-0.25, -0.2) is 0 Å². The zero-order valence-corrected chi connectivity index (χ0v) is 17.0. The second-order valence-corrected chi connectivity index (χ2v) is 8.21. The van der Waals surface area contributed by atoms with Crippen LogP contribution in [-0.2, 0) is 9.63 Å². The molecule has 0 radical (unpaired) electrons. The summed E-state index contributed by atoms with van der Waals surface area (Å²) in [6.07, 6.45) is 5.22. The molecule has 1 aromatic rings. The fourth-order valence-corrected chi connectivity index (χ4v) is 4.67. The maximum absolute atomic E-state index is 12.7. The van der Waals surface area contributed by atoms with Crippen molar-refractivity contribution < 1.29 is 9.63 Å². The van der Waals surface area contributed by atoms with Crippen molar-refractivity contribution in [2.75, 3.05) is 63.9 Å². The zero-order chi connectivity index (χ0) is 19.2. The van der Waals surface area contributed by atoms with Gasteiger partial charge in [0.25, 0.3) is 0 Å². The van der Waals surface area contributed by atoms with Gasteiger partial charge in [0.1, 0.15) is 0 Å². The molecule has 3 heterocycles. The maximum atomic E-state index is 12.7. The normalized spacial score (nSPS) is 25.1. The fraction of sp³-hybridized carbons (Fsp3) is 0.682. The second kappa shape index (κ2) is 9.72. The molecule has 3 aliphatic heterocycles. The molecule has 6 nitrogen and oxygen atoms in total. The molecule has 3 saturated heterocycles. The molecule has 0 aromatic heterocycles. The predicted octanol–water partition coefficient (Wildman–Crippen LogP) is 2.22. The second-order valence-electron chi connectivity index (χ2n) is 8.21. The minimum Gasteiger partial charge on any atom is -0.369 e. The van der Waals surface area contributed by atoms with Crippen LogP contribution in [0.1, 0.15) is 32.1 Å². The third-order valence-corrected chi connectivity index (χ3v) is 6.35. The van der Waals surface area contributed by atoms with Gasteiger partial charge in [-0.15, -0.1) is 0 Å². The summed E-state index contributed by atoms with van der Waals surface area (Å²) in [5.41, 5.74) is 1.32. The summed E-state index contributed by atoms with van der Waals surface area (Å²) in [6, 6.07) is 11.2. The minimum atomic E-state index is 0.293. The molecule has 0 saturated carbocycles. The monoisotopic (exact) mass is 386 g/mol. The molecule has 0 unspecified atom stereocenters. The van der Waals surface area contributed by atoms with E-state index in [0.29, 0.717) is 18.4 Å². The highest BCUT2D eigenvalue weighted by Crippen LogP contribution is 2.21. The van der Waals surface area contributed by atoms with Gasteiger partial charge in [-0.3, -0.25) is 14.5 Å². The van der Waals surface area contributed by atoms with Crippen LogP contribution < -0.4 is 4.90 Å². The number of para-hydroxylation sites is 1. The molecule has 3 aliphatic rings. The Morgan fingerprint density at radius 1 is 0.964 bits per heavy atom. The third kappa shape index (κ3) is 5.04. The largest absolute Gasteiger partial charge is 0.369 e. The summed E-state index contributed by atoms with van der Waals surface area (Å²) >= 11 is 0. The topological polar surface area (TPSA) is 39.3 Å². The van der Waals surface area contributed by atoms with E-state index in [1.807, 2.05) is 5.06 Å². The van der Waals surface area contributed by atoms with E-state index in [0.717, 1.165) is 71.8 Å². The van der Waals surface area contributed by atoms with Crippen LogP contribution in [0, 0.1) is 0 Å². The van der Waals surface area contributed by atoms with E-state index in [-0.39, 0.29) is 0 Å². The summed E-state index contributed by atoms with van der Waals surface area (Å²) in [6.45, 7) is 8.62.